The Hall–Kier alpha value is -3.15. The summed E-state index contributed by atoms with van der Waals surface area (Å²) < 4.78 is 10.1. The Morgan fingerprint density at radius 2 is 2.04 bits per heavy atom. The smallest absolute Gasteiger partial charge is 0.344 e. The van der Waals surface area contributed by atoms with E-state index in [2.05, 4.69) is 9.97 Å². The minimum absolute atomic E-state index is 0.0504. The number of methoxy groups -OCH3 is 2. The second-order valence-corrected chi connectivity index (χ2v) is 5.85. The molecule has 0 amide bonds. The van der Waals surface area contributed by atoms with Gasteiger partial charge in [-0.3, -0.25) is 9.78 Å². The average molecular weight is 354 g/mol. The van der Waals surface area contributed by atoms with Crippen LogP contribution in [-0.2, 0) is 11.2 Å². The highest BCUT2D eigenvalue weighted by Crippen LogP contribution is 2.19. The number of carbonyl (C=O) groups is 1. The molecule has 2 aromatic heterocycles. The number of esters is 1. The van der Waals surface area contributed by atoms with Crippen molar-refractivity contribution in [1.82, 2.24) is 9.97 Å². The van der Waals surface area contributed by atoms with Crippen LogP contribution in [0.4, 0.5) is 0 Å². The van der Waals surface area contributed by atoms with Gasteiger partial charge in [0.1, 0.15) is 5.56 Å². The van der Waals surface area contributed by atoms with Crippen LogP contribution in [0.1, 0.15) is 41.0 Å². The molecule has 0 aliphatic carbocycles. The number of rotatable bonds is 6. The van der Waals surface area contributed by atoms with E-state index in [0.717, 1.165) is 11.1 Å². The van der Waals surface area contributed by atoms with Gasteiger partial charge in [0, 0.05) is 12.4 Å². The molecule has 0 aromatic carbocycles. The number of hydrogen-bond acceptors (Lipinski definition) is 5. The third-order valence-corrected chi connectivity index (χ3v) is 3.73. The van der Waals surface area contributed by atoms with Crippen molar-refractivity contribution in [2.45, 2.75) is 20.3 Å². The van der Waals surface area contributed by atoms with Crippen molar-refractivity contribution in [3.05, 3.63) is 68.8 Å². The fourth-order valence-corrected chi connectivity index (χ4v) is 2.39. The lowest BCUT2D eigenvalue weighted by Crippen LogP contribution is -2.23. The molecule has 2 aromatic rings. The summed E-state index contributed by atoms with van der Waals surface area (Å²) in [5, 5.41) is 0. The van der Waals surface area contributed by atoms with Gasteiger partial charge in [-0.25, -0.2) is 4.79 Å². The fourth-order valence-electron chi connectivity index (χ4n) is 2.39. The van der Waals surface area contributed by atoms with E-state index >= 15 is 0 Å². The molecule has 0 saturated carbocycles. The van der Waals surface area contributed by atoms with Gasteiger partial charge in [-0.2, -0.15) is 0 Å². The lowest BCUT2D eigenvalue weighted by atomic mass is 10.0. The third-order valence-electron chi connectivity index (χ3n) is 3.73. The van der Waals surface area contributed by atoms with Gasteiger partial charge in [-0.15, -0.1) is 0 Å². The van der Waals surface area contributed by atoms with Crippen molar-refractivity contribution in [2.75, 3.05) is 14.2 Å². The van der Waals surface area contributed by atoms with Gasteiger partial charge >= 0.3 is 5.97 Å². The van der Waals surface area contributed by atoms with E-state index in [1.807, 2.05) is 26.0 Å². The molecule has 0 aliphatic heterocycles. The molecule has 2 rings (SSSR count). The van der Waals surface area contributed by atoms with Gasteiger partial charge in [0.2, 0.25) is 5.43 Å². The standard InChI is InChI=1S/C20H22N2O4/c1-13(2)7-9-15-18(23)17(20(24)26-4)16(22-19(15)25-3)10-8-14-6-5-11-21-12-14/h5-8,10-12H,9H2,1-4H3,(H,22,23)/b10-8-. The molecular formula is C20H22N2O4. The van der Waals surface area contributed by atoms with E-state index < -0.39 is 11.4 Å². The molecule has 0 aliphatic rings. The Morgan fingerprint density at radius 1 is 1.27 bits per heavy atom. The van der Waals surface area contributed by atoms with Gasteiger partial charge in [0.05, 0.1) is 25.5 Å². The maximum atomic E-state index is 12.9. The molecular weight excluding hydrogens is 332 g/mol. The minimum Gasteiger partial charge on any atom is -0.482 e. The summed E-state index contributed by atoms with van der Waals surface area (Å²) in [7, 11) is 2.72. The summed E-state index contributed by atoms with van der Waals surface area (Å²) in [6, 6.07) is 3.66. The number of hydrogen-bond donors (Lipinski definition) is 1. The zero-order valence-electron chi connectivity index (χ0n) is 15.3. The van der Waals surface area contributed by atoms with Crippen molar-refractivity contribution in [3.8, 4) is 5.88 Å². The molecule has 26 heavy (non-hydrogen) atoms. The zero-order chi connectivity index (χ0) is 19.1. The Labute approximate surface area is 152 Å². The predicted octanol–water partition coefficient (Wildman–Crippen LogP) is 3.24. The highest BCUT2D eigenvalue weighted by molar-refractivity contribution is 5.94. The van der Waals surface area contributed by atoms with E-state index in [-0.39, 0.29) is 5.56 Å². The fraction of sp³-hybridized carbons (Fsp3) is 0.250. The second-order valence-electron chi connectivity index (χ2n) is 5.85. The summed E-state index contributed by atoms with van der Waals surface area (Å²) in [4.78, 5) is 32.2. The van der Waals surface area contributed by atoms with Crippen molar-refractivity contribution in [2.24, 2.45) is 0 Å². The molecule has 0 atom stereocenters. The largest absolute Gasteiger partial charge is 0.482 e. The molecule has 1 N–H and O–H groups in total. The summed E-state index contributed by atoms with van der Waals surface area (Å²) in [5.74, 6) is -0.371. The maximum absolute atomic E-state index is 12.9. The molecule has 0 bridgehead atoms. The van der Waals surface area contributed by atoms with Crippen molar-refractivity contribution in [1.29, 1.82) is 0 Å². The molecule has 6 nitrogen and oxygen atoms in total. The van der Waals surface area contributed by atoms with E-state index in [1.165, 1.54) is 14.2 Å². The molecule has 0 spiro atoms. The highest BCUT2D eigenvalue weighted by atomic mass is 16.5. The van der Waals surface area contributed by atoms with Gasteiger partial charge < -0.3 is 14.5 Å². The van der Waals surface area contributed by atoms with Gasteiger partial charge in [0.15, 0.2) is 5.88 Å². The van der Waals surface area contributed by atoms with E-state index in [4.69, 9.17) is 9.47 Å². The summed E-state index contributed by atoms with van der Waals surface area (Å²) in [5.41, 5.74) is 2.14. The molecule has 6 heteroatoms. The van der Waals surface area contributed by atoms with Crippen LogP contribution in [-0.4, -0.2) is 30.2 Å². The molecule has 2 heterocycles. The number of carbonyl (C=O) groups excluding carboxylic acids is 1. The van der Waals surface area contributed by atoms with Crippen LogP contribution in [0.3, 0.4) is 0 Å². The van der Waals surface area contributed by atoms with Crippen LogP contribution in [0.2, 0.25) is 0 Å². The molecule has 0 radical (unpaired) electrons. The van der Waals surface area contributed by atoms with Crippen LogP contribution in [0.25, 0.3) is 12.2 Å². The first-order valence-corrected chi connectivity index (χ1v) is 8.10. The molecule has 0 fully saturated rings. The van der Waals surface area contributed by atoms with Gasteiger partial charge in [-0.05, 0) is 38.0 Å². The minimum atomic E-state index is -0.696. The Morgan fingerprint density at radius 3 is 2.62 bits per heavy atom. The first-order valence-electron chi connectivity index (χ1n) is 8.10. The van der Waals surface area contributed by atoms with E-state index in [1.54, 1.807) is 30.6 Å². The summed E-state index contributed by atoms with van der Waals surface area (Å²) in [6.45, 7) is 3.87. The number of H-pyrrole nitrogens is 1. The topological polar surface area (TPSA) is 81.3 Å². The van der Waals surface area contributed by atoms with Crippen LogP contribution in [0.15, 0.2) is 41.0 Å². The Bertz CT molecular complexity index is 892. The van der Waals surface area contributed by atoms with Crippen molar-refractivity contribution < 1.29 is 14.3 Å². The zero-order valence-corrected chi connectivity index (χ0v) is 15.3. The van der Waals surface area contributed by atoms with Crippen molar-refractivity contribution in [3.63, 3.8) is 0 Å². The number of nitrogens with zero attached hydrogens (tertiary/aromatic N) is 1. The molecule has 0 saturated heterocycles. The van der Waals surface area contributed by atoms with Crippen molar-refractivity contribution >= 4 is 18.1 Å². The number of allylic oxidation sites excluding steroid dienone is 2. The first kappa shape index (κ1) is 19.2. The van der Waals surface area contributed by atoms with Crippen LogP contribution >= 0.6 is 0 Å². The Kier molecular flexibility index (Phi) is 6.49. The summed E-state index contributed by atoms with van der Waals surface area (Å²) >= 11 is 0. The van der Waals surface area contributed by atoms with Gasteiger partial charge in [0.25, 0.3) is 0 Å². The second kappa shape index (κ2) is 8.80. The lowest BCUT2D eigenvalue weighted by Gasteiger charge is -2.12. The van der Waals surface area contributed by atoms with Crippen LogP contribution in [0.5, 0.6) is 5.88 Å². The lowest BCUT2D eigenvalue weighted by molar-refractivity contribution is 0.0598. The number of ether oxygens (including phenoxy) is 2. The monoisotopic (exact) mass is 354 g/mol. The first-order chi connectivity index (χ1) is 12.5. The quantitative estimate of drug-likeness (QED) is 0.636. The maximum Gasteiger partial charge on any atom is 0.344 e. The van der Waals surface area contributed by atoms with E-state index in [0.29, 0.717) is 23.6 Å². The normalized spacial score (nSPS) is 10.6. The predicted molar refractivity (Wildman–Crippen MR) is 101 cm³/mol. The Balaban J connectivity index is 2.61. The SMILES string of the molecule is COC(=O)c1c(/C=C\c2cccnc2)[nH]c(OC)c(CC=C(C)C)c1=O. The number of pyridine rings is 2. The summed E-state index contributed by atoms with van der Waals surface area (Å²) in [6.07, 6.45) is 8.99. The van der Waals surface area contributed by atoms with E-state index in [9.17, 15) is 9.59 Å². The number of aromatic nitrogens is 2. The average Bonchev–Trinajstić information content (AvgIpc) is 2.65. The van der Waals surface area contributed by atoms with Crippen LogP contribution < -0.4 is 10.2 Å². The number of aromatic amines is 1. The highest BCUT2D eigenvalue weighted by Gasteiger charge is 2.21. The molecule has 0 unspecified atom stereocenters. The number of nitrogens with one attached hydrogen (secondary N) is 1. The van der Waals surface area contributed by atoms with Gasteiger partial charge in [-0.1, -0.05) is 23.8 Å². The van der Waals surface area contributed by atoms with Crippen LogP contribution in [0, 0.1) is 0 Å². The third kappa shape index (κ3) is 4.47. The molecule has 136 valence electrons.